The summed E-state index contributed by atoms with van der Waals surface area (Å²) in [6, 6.07) is 16.6. The quantitative estimate of drug-likeness (QED) is 0.203. The van der Waals surface area contributed by atoms with Gasteiger partial charge in [-0.2, -0.15) is 0 Å². The van der Waals surface area contributed by atoms with Crippen LogP contribution in [0.1, 0.15) is 46.0 Å². The number of aromatic nitrogens is 1. The maximum atomic E-state index is 13.2. The van der Waals surface area contributed by atoms with Crippen LogP contribution in [0.5, 0.6) is 0 Å². The second-order valence-corrected chi connectivity index (χ2v) is 8.13. The van der Waals surface area contributed by atoms with Crippen molar-refractivity contribution in [3.63, 3.8) is 0 Å². The van der Waals surface area contributed by atoms with E-state index in [1.54, 1.807) is 5.48 Å². The Morgan fingerprint density at radius 2 is 1.61 bits per heavy atom. The molecular formula is C26H34N4O3. The van der Waals surface area contributed by atoms with Gasteiger partial charge in [0.15, 0.2) is 0 Å². The number of hydroxylamine groups is 1. The lowest BCUT2D eigenvalue weighted by Crippen LogP contribution is -2.43. The van der Waals surface area contributed by atoms with Gasteiger partial charge in [-0.05, 0) is 67.5 Å². The van der Waals surface area contributed by atoms with Crippen LogP contribution in [0.4, 0.5) is 10.5 Å². The zero-order valence-corrected chi connectivity index (χ0v) is 19.5. The monoisotopic (exact) mass is 450 g/mol. The van der Waals surface area contributed by atoms with Crippen LogP contribution in [0, 0.1) is 0 Å². The van der Waals surface area contributed by atoms with Gasteiger partial charge in [0, 0.05) is 43.5 Å². The molecule has 0 aliphatic rings. The maximum Gasteiger partial charge on any atom is 0.324 e. The Kier molecular flexibility index (Phi) is 8.89. The van der Waals surface area contributed by atoms with Crippen LogP contribution < -0.4 is 10.4 Å². The largest absolute Gasteiger partial charge is 0.361 e. The second kappa shape index (κ2) is 12.1. The van der Waals surface area contributed by atoms with E-state index in [4.69, 9.17) is 5.21 Å². The first kappa shape index (κ1) is 24.3. The fourth-order valence-electron chi connectivity index (χ4n) is 4.03. The number of unbranched alkanes of at least 4 members (excludes halogenated alkanes) is 3. The van der Waals surface area contributed by atoms with Crippen LogP contribution in [0.25, 0.3) is 22.0 Å². The highest BCUT2D eigenvalue weighted by molar-refractivity contribution is 5.92. The van der Waals surface area contributed by atoms with E-state index in [0.717, 1.165) is 48.0 Å². The molecule has 3 rings (SSSR count). The molecule has 0 radical (unpaired) electrons. The van der Waals surface area contributed by atoms with Gasteiger partial charge in [-0.25, -0.2) is 10.3 Å². The van der Waals surface area contributed by atoms with Crippen LogP contribution in [0.15, 0.2) is 54.7 Å². The molecular weight excluding hydrogens is 416 g/mol. The summed E-state index contributed by atoms with van der Waals surface area (Å²) in [5.41, 5.74) is 5.88. The zero-order valence-electron chi connectivity index (χ0n) is 19.5. The van der Waals surface area contributed by atoms with Gasteiger partial charge in [0.25, 0.3) is 0 Å². The lowest BCUT2D eigenvalue weighted by Gasteiger charge is -2.29. The molecule has 7 nitrogen and oxygen atoms in total. The number of aromatic amines is 1. The van der Waals surface area contributed by atoms with Gasteiger partial charge in [0.05, 0.1) is 0 Å². The summed E-state index contributed by atoms with van der Waals surface area (Å²) in [7, 11) is 0. The molecule has 1 aromatic heterocycles. The average molecular weight is 451 g/mol. The number of nitrogens with one attached hydrogen (secondary N) is 2. The highest BCUT2D eigenvalue weighted by Crippen LogP contribution is 2.27. The molecule has 0 aliphatic carbocycles. The fraction of sp³-hybridized carbons (Fsp3) is 0.385. The van der Waals surface area contributed by atoms with Crippen molar-refractivity contribution < 1.29 is 14.8 Å². The first-order chi connectivity index (χ1) is 16.1. The SMILES string of the molecule is CCN(CC)C(=O)N(CCCCCCC(=O)NO)c1ccc(-c2ccc3cc[nH]c3c2)cc1. The number of hydrogen-bond acceptors (Lipinski definition) is 3. The van der Waals surface area contributed by atoms with Gasteiger partial charge in [0.1, 0.15) is 0 Å². The predicted molar refractivity (Wildman–Crippen MR) is 132 cm³/mol. The molecule has 2 aromatic carbocycles. The van der Waals surface area contributed by atoms with Crippen molar-refractivity contribution in [2.75, 3.05) is 24.5 Å². The van der Waals surface area contributed by atoms with Crippen LogP contribution in [0.2, 0.25) is 0 Å². The number of fused-ring (bicyclic) bond motifs is 1. The van der Waals surface area contributed by atoms with Gasteiger partial charge < -0.3 is 9.88 Å². The first-order valence-corrected chi connectivity index (χ1v) is 11.7. The minimum atomic E-state index is -0.358. The van der Waals surface area contributed by atoms with Crippen molar-refractivity contribution >= 4 is 28.5 Å². The van der Waals surface area contributed by atoms with Gasteiger partial charge in [-0.1, -0.05) is 37.1 Å². The van der Waals surface area contributed by atoms with Gasteiger partial charge in [-0.15, -0.1) is 0 Å². The molecule has 176 valence electrons. The van der Waals surface area contributed by atoms with E-state index in [9.17, 15) is 9.59 Å². The first-order valence-electron chi connectivity index (χ1n) is 11.7. The Bertz CT molecular complexity index is 1040. The van der Waals surface area contributed by atoms with Crippen molar-refractivity contribution in [3.8, 4) is 11.1 Å². The van der Waals surface area contributed by atoms with Gasteiger partial charge in [0.2, 0.25) is 5.91 Å². The Hall–Kier alpha value is -3.32. The average Bonchev–Trinajstić information content (AvgIpc) is 3.32. The predicted octanol–water partition coefficient (Wildman–Crippen LogP) is 5.56. The smallest absolute Gasteiger partial charge is 0.324 e. The summed E-state index contributed by atoms with van der Waals surface area (Å²) in [5.74, 6) is -0.358. The van der Waals surface area contributed by atoms with Crippen LogP contribution in [0.3, 0.4) is 0 Å². The number of anilines is 1. The van der Waals surface area contributed by atoms with Crippen molar-refractivity contribution in [3.05, 3.63) is 54.7 Å². The molecule has 0 atom stereocenters. The van der Waals surface area contributed by atoms with Gasteiger partial charge >= 0.3 is 6.03 Å². The topological polar surface area (TPSA) is 88.7 Å². The third kappa shape index (κ3) is 6.35. The maximum absolute atomic E-state index is 13.2. The molecule has 33 heavy (non-hydrogen) atoms. The molecule has 0 bridgehead atoms. The normalized spacial score (nSPS) is 10.9. The Labute approximate surface area is 195 Å². The zero-order chi connectivity index (χ0) is 23.6. The number of amides is 3. The van der Waals surface area contributed by atoms with E-state index in [1.165, 1.54) is 5.39 Å². The molecule has 0 unspecified atom stereocenters. The lowest BCUT2D eigenvalue weighted by molar-refractivity contribution is -0.129. The summed E-state index contributed by atoms with van der Waals surface area (Å²) in [5, 5.41) is 9.76. The number of H-pyrrole nitrogens is 1. The molecule has 7 heteroatoms. The number of nitrogens with zero attached hydrogens (tertiary/aromatic N) is 2. The van der Waals surface area contributed by atoms with Crippen molar-refractivity contribution in [1.82, 2.24) is 15.4 Å². The summed E-state index contributed by atoms with van der Waals surface area (Å²) in [4.78, 5) is 31.3. The molecule has 3 aromatic rings. The van der Waals surface area contributed by atoms with E-state index >= 15 is 0 Å². The molecule has 0 aliphatic heterocycles. The fourth-order valence-corrected chi connectivity index (χ4v) is 4.03. The number of hydrogen-bond donors (Lipinski definition) is 3. The van der Waals surface area contributed by atoms with Crippen molar-refractivity contribution in [1.29, 1.82) is 0 Å². The molecule has 3 N–H and O–H groups in total. The van der Waals surface area contributed by atoms with E-state index in [0.29, 0.717) is 26.1 Å². The number of rotatable bonds is 11. The van der Waals surface area contributed by atoms with Crippen molar-refractivity contribution in [2.24, 2.45) is 0 Å². The highest BCUT2D eigenvalue weighted by Gasteiger charge is 2.20. The summed E-state index contributed by atoms with van der Waals surface area (Å²) in [6.07, 6.45) is 5.61. The minimum Gasteiger partial charge on any atom is -0.361 e. The highest BCUT2D eigenvalue weighted by atomic mass is 16.5. The third-order valence-electron chi connectivity index (χ3n) is 5.99. The van der Waals surface area contributed by atoms with Crippen molar-refractivity contribution in [2.45, 2.75) is 46.0 Å². The lowest BCUT2D eigenvalue weighted by atomic mass is 10.0. The molecule has 0 spiro atoms. The summed E-state index contributed by atoms with van der Waals surface area (Å²) in [6.45, 7) is 5.93. The Morgan fingerprint density at radius 1 is 0.909 bits per heavy atom. The number of carbonyl (C=O) groups excluding carboxylic acids is 2. The van der Waals surface area contributed by atoms with E-state index in [2.05, 4.69) is 41.4 Å². The van der Waals surface area contributed by atoms with Crippen LogP contribution in [-0.2, 0) is 4.79 Å². The van der Waals surface area contributed by atoms with Gasteiger partial charge in [-0.3, -0.25) is 14.9 Å². The third-order valence-corrected chi connectivity index (χ3v) is 5.99. The summed E-state index contributed by atoms with van der Waals surface area (Å²) >= 11 is 0. The Balaban J connectivity index is 1.69. The molecule has 1 heterocycles. The minimum absolute atomic E-state index is 0.0141. The number of carbonyl (C=O) groups is 2. The molecule has 0 saturated heterocycles. The second-order valence-electron chi connectivity index (χ2n) is 8.13. The number of urea groups is 1. The number of benzene rings is 2. The van der Waals surface area contributed by atoms with Crippen LogP contribution in [-0.4, -0.2) is 46.7 Å². The summed E-state index contributed by atoms with van der Waals surface area (Å²) < 4.78 is 0. The Morgan fingerprint density at radius 3 is 2.30 bits per heavy atom. The van der Waals surface area contributed by atoms with E-state index in [-0.39, 0.29) is 11.9 Å². The van der Waals surface area contributed by atoms with E-state index in [1.807, 2.05) is 42.0 Å². The standard InChI is InChI=1S/C26H34N4O3/c1-3-29(4-2)26(32)30(18-8-6-5-7-9-25(31)28-33)23-14-12-20(13-15-23)22-11-10-21-16-17-27-24(21)19-22/h10-17,19,27,33H,3-9,18H2,1-2H3,(H,28,31). The van der Waals surface area contributed by atoms with Crippen LogP contribution >= 0.6 is 0 Å². The molecule has 0 saturated carbocycles. The van der Waals surface area contributed by atoms with E-state index < -0.39 is 0 Å². The molecule has 3 amide bonds. The molecule has 0 fully saturated rings.